The molecular formula is C28H28ClF5N4O4. The van der Waals surface area contributed by atoms with Gasteiger partial charge in [-0.05, 0) is 42.0 Å². The minimum Gasteiger partial charge on any atom is -0.445 e. The van der Waals surface area contributed by atoms with Crippen LogP contribution in [0.4, 0.5) is 31.5 Å². The molecule has 0 bridgehead atoms. The van der Waals surface area contributed by atoms with E-state index in [1.165, 1.54) is 6.07 Å². The van der Waals surface area contributed by atoms with Gasteiger partial charge in [0.15, 0.2) is 5.58 Å². The molecule has 0 unspecified atom stereocenters. The number of fused-ring (bicyclic) bond motifs is 1. The summed E-state index contributed by atoms with van der Waals surface area (Å²) in [6.45, 7) is -0.608. The van der Waals surface area contributed by atoms with Gasteiger partial charge < -0.3 is 24.7 Å². The molecule has 3 aromatic rings. The Morgan fingerprint density at radius 1 is 1.19 bits per heavy atom. The Kier molecular flexibility index (Phi) is 8.49. The predicted molar refractivity (Wildman–Crippen MR) is 142 cm³/mol. The normalized spacial score (nSPS) is 20.8. The van der Waals surface area contributed by atoms with Crippen molar-refractivity contribution in [1.29, 1.82) is 0 Å². The molecule has 0 spiro atoms. The Hall–Kier alpha value is -3.61. The molecule has 1 aliphatic heterocycles. The van der Waals surface area contributed by atoms with Gasteiger partial charge in [0.1, 0.15) is 24.2 Å². The molecule has 1 saturated carbocycles. The van der Waals surface area contributed by atoms with Crippen LogP contribution < -0.4 is 10.6 Å². The van der Waals surface area contributed by atoms with E-state index >= 15 is 0 Å². The molecule has 2 aromatic carbocycles. The van der Waals surface area contributed by atoms with Gasteiger partial charge in [-0.1, -0.05) is 36.4 Å². The van der Waals surface area contributed by atoms with Crippen LogP contribution in [0.25, 0.3) is 11.1 Å². The Morgan fingerprint density at radius 3 is 2.55 bits per heavy atom. The quantitative estimate of drug-likeness (QED) is 0.214. The molecule has 1 aromatic heterocycles. The molecule has 1 aliphatic carbocycles. The monoisotopic (exact) mass is 614 g/mol. The molecule has 2 fully saturated rings. The smallest absolute Gasteiger partial charge is 0.410 e. The number of carbonyl (C=O) groups is 2. The van der Waals surface area contributed by atoms with Gasteiger partial charge in [-0.2, -0.15) is 13.2 Å². The number of aromatic nitrogens is 1. The molecule has 42 heavy (non-hydrogen) atoms. The number of alkyl halides is 6. The lowest BCUT2D eigenvalue weighted by Gasteiger charge is -2.32. The second-order valence-electron chi connectivity index (χ2n) is 10.5. The van der Waals surface area contributed by atoms with Gasteiger partial charge >= 0.3 is 18.3 Å². The second-order valence-corrected chi connectivity index (χ2v) is 10.8. The largest absolute Gasteiger partial charge is 0.445 e. The van der Waals surface area contributed by atoms with E-state index in [1.54, 1.807) is 36.4 Å². The Morgan fingerprint density at radius 2 is 1.90 bits per heavy atom. The van der Waals surface area contributed by atoms with Crippen molar-refractivity contribution in [3.63, 3.8) is 0 Å². The molecule has 2 N–H and O–H groups in total. The van der Waals surface area contributed by atoms with E-state index in [9.17, 15) is 31.5 Å². The van der Waals surface area contributed by atoms with Crippen molar-refractivity contribution in [1.82, 2.24) is 20.5 Å². The molecule has 3 atom stereocenters. The summed E-state index contributed by atoms with van der Waals surface area (Å²) >= 11 is 6.10. The van der Waals surface area contributed by atoms with E-state index in [2.05, 4.69) is 10.3 Å². The van der Waals surface area contributed by atoms with Crippen molar-refractivity contribution < 1.29 is 40.7 Å². The number of benzene rings is 2. The molecule has 8 nitrogen and oxygen atoms in total. The van der Waals surface area contributed by atoms with E-state index in [0.29, 0.717) is 16.7 Å². The zero-order valence-corrected chi connectivity index (χ0v) is 22.9. The lowest BCUT2D eigenvalue weighted by molar-refractivity contribution is -0.150. The Balaban J connectivity index is 1.38. The van der Waals surface area contributed by atoms with Crippen LogP contribution in [0.2, 0.25) is 0 Å². The van der Waals surface area contributed by atoms with Crippen LogP contribution in [0.1, 0.15) is 54.8 Å². The number of ether oxygens (including phenoxy) is 1. The predicted octanol–water partition coefficient (Wildman–Crippen LogP) is 6.86. The number of amides is 3. The molecule has 3 amide bonds. The SMILES string of the molecule is O=C(N[C@H](c1nc2cc([C@@H](CCl)N3C[C@@H](C(F)(F)F)NC3=O)ccc2o1)C1CCC(F)(F)CC1)OCc1ccccc1. The van der Waals surface area contributed by atoms with Crippen molar-refractivity contribution in [3.05, 3.63) is 65.5 Å². The number of nitrogens with zero attached hydrogens (tertiary/aromatic N) is 2. The van der Waals surface area contributed by atoms with Gasteiger partial charge in [-0.15, -0.1) is 11.6 Å². The maximum atomic E-state index is 13.9. The molecule has 1 saturated heterocycles. The summed E-state index contributed by atoms with van der Waals surface area (Å²) < 4.78 is 78.7. The first-order valence-corrected chi connectivity index (χ1v) is 13.9. The topological polar surface area (TPSA) is 96.7 Å². The average molecular weight is 615 g/mol. The van der Waals surface area contributed by atoms with Crippen molar-refractivity contribution >= 4 is 34.8 Å². The van der Waals surface area contributed by atoms with Crippen LogP contribution in [0.15, 0.2) is 52.9 Å². The molecule has 14 heteroatoms. The van der Waals surface area contributed by atoms with Crippen LogP contribution in [-0.4, -0.2) is 52.6 Å². The highest BCUT2D eigenvalue weighted by Crippen LogP contribution is 2.42. The van der Waals surface area contributed by atoms with E-state index in [0.717, 1.165) is 10.5 Å². The van der Waals surface area contributed by atoms with Crippen LogP contribution in [0, 0.1) is 5.92 Å². The van der Waals surface area contributed by atoms with E-state index in [4.69, 9.17) is 20.8 Å². The van der Waals surface area contributed by atoms with E-state index in [1.807, 2.05) is 11.4 Å². The number of carbonyl (C=O) groups excluding carboxylic acids is 2. The third kappa shape index (κ3) is 6.71. The van der Waals surface area contributed by atoms with Crippen molar-refractivity contribution in [2.75, 3.05) is 12.4 Å². The minimum absolute atomic E-state index is 0.00185. The first kappa shape index (κ1) is 29.9. The number of halogens is 6. The molecule has 5 rings (SSSR count). The number of alkyl carbamates (subject to hydrolysis) is 1. The Bertz CT molecular complexity index is 1410. The molecule has 2 heterocycles. The molecular weight excluding hydrogens is 587 g/mol. The fourth-order valence-electron chi connectivity index (χ4n) is 5.34. The summed E-state index contributed by atoms with van der Waals surface area (Å²) in [6, 6.07) is 8.98. The first-order valence-electron chi connectivity index (χ1n) is 13.4. The number of urea groups is 1. The van der Waals surface area contributed by atoms with Gasteiger partial charge in [0.25, 0.3) is 0 Å². The van der Waals surface area contributed by atoms with Crippen molar-refractivity contribution in [2.24, 2.45) is 5.92 Å². The minimum atomic E-state index is -4.61. The highest BCUT2D eigenvalue weighted by Gasteiger charge is 2.48. The lowest BCUT2D eigenvalue weighted by Crippen LogP contribution is -2.40. The molecule has 2 aliphatic rings. The van der Waals surface area contributed by atoms with Crippen LogP contribution in [0.5, 0.6) is 0 Å². The summed E-state index contributed by atoms with van der Waals surface area (Å²) in [6.07, 6.45) is -5.87. The maximum Gasteiger partial charge on any atom is 0.410 e. The number of hydrogen-bond acceptors (Lipinski definition) is 5. The zero-order chi connectivity index (χ0) is 30.1. The highest BCUT2D eigenvalue weighted by atomic mass is 35.5. The van der Waals surface area contributed by atoms with Crippen LogP contribution >= 0.6 is 11.6 Å². The fraction of sp³-hybridized carbons (Fsp3) is 0.464. The third-order valence-electron chi connectivity index (χ3n) is 7.65. The van der Waals surface area contributed by atoms with Crippen molar-refractivity contribution in [2.45, 2.75) is 62.5 Å². The third-order valence-corrected chi connectivity index (χ3v) is 7.95. The summed E-state index contributed by atoms with van der Waals surface area (Å²) in [5.74, 6) is -3.31. The van der Waals surface area contributed by atoms with Crippen molar-refractivity contribution in [3.8, 4) is 0 Å². The molecule has 226 valence electrons. The fourth-order valence-corrected chi connectivity index (χ4v) is 5.68. The summed E-state index contributed by atoms with van der Waals surface area (Å²) in [7, 11) is 0. The van der Waals surface area contributed by atoms with Gasteiger partial charge in [-0.3, -0.25) is 0 Å². The summed E-state index contributed by atoms with van der Waals surface area (Å²) in [5.41, 5.74) is 1.79. The number of hydrogen-bond donors (Lipinski definition) is 2. The highest BCUT2D eigenvalue weighted by molar-refractivity contribution is 6.18. The summed E-state index contributed by atoms with van der Waals surface area (Å²) in [4.78, 5) is 30.6. The van der Waals surface area contributed by atoms with Crippen LogP contribution in [-0.2, 0) is 11.3 Å². The second kappa shape index (κ2) is 11.9. The maximum absolute atomic E-state index is 13.9. The number of rotatable bonds is 8. The summed E-state index contributed by atoms with van der Waals surface area (Å²) in [5, 5.41) is 4.66. The van der Waals surface area contributed by atoms with E-state index < -0.39 is 54.8 Å². The number of oxazole rings is 1. The molecule has 0 radical (unpaired) electrons. The van der Waals surface area contributed by atoms with E-state index in [-0.39, 0.29) is 44.1 Å². The van der Waals surface area contributed by atoms with Gasteiger partial charge in [0.05, 0.1) is 12.6 Å². The number of nitrogens with one attached hydrogen (secondary N) is 2. The standard InChI is InChI=1S/C28H28ClF5N4O4/c29-13-20(38-14-22(28(32,33)34)36-25(38)39)18-6-7-21-19(12-18)35-24(42-21)23(17-8-10-27(30,31)11-9-17)37-26(40)41-15-16-4-2-1-3-5-16/h1-7,12,17,20,22-23H,8-11,13-15H2,(H,36,39)(H,37,40)/t20-,22+,23+/m1/s1. The first-order chi connectivity index (χ1) is 19.9. The van der Waals surface area contributed by atoms with Gasteiger partial charge in [0.2, 0.25) is 11.8 Å². The average Bonchev–Trinajstić information content (AvgIpc) is 3.55. The van der Waals surface area contributed by atoms with Crippen LogP contribution in [0.3, 0.4) is 0 Å². The Labute approximate surface area is 242 Å². The van der Waals surface area contributed by atoms with Gasteiger partial charge in [0, 0.05) is 18.7 Å². The zero-order valence-electron chi connectivity index (χ0n) is 22.2. The lowest BCUT2D eigenvalue weighted by atomic mass is 9.82. The van der Waals surface area contributed by atoms with Gasteiger partial charge in [-0.25, -0.2) is 23.4 Å².